The molecule has 0 unspecified atom stereocenters. The lowest BCUT2D eigenvalue weighted by Crippen LogP contribution is -2.47. The van der Waals surface area contributed by atoms with Crippen LogP contribution in [0.3, 0.4) is 0 Å². The first-order valence-electron chi connectivity index (χ1n) is 7.05. The number of rotatable bonds is 2. The summed E-state index contributed by atoms with van der Waals surface area (Å²) in [5.41, 5.74) is -0.317. The van der Waals surface area contributed by atoms with Crippen LogP contribution in [-0.2, 0) is 0 Å². The van der Waals surface area contributed by atoms with Crippen molar-refractivity contribution < 1.29 is 23.1 Å². The number of aliphatic hydroxyl groups excluding tert-OH is 1. The fourth-order valence-corrected chi connectivity index (χ4v) is 2.22. The molecule has 1 atom stereocenters. The Kier molecular flexibility index (Phi) is 4.28. The number of carbonyl (C=O) groups is 1. The van der Waals surface area contributed by atoms with Gasteiger partial charge in [-0.25, -0.2) is 18.0 Å². The maximum absolute atomic E-state index is 13.8. The van der Waals surface area contributed by atoms with Crippen molar-refractivity contribution in [3.8, 4) is 0 Å². The van der Waals surface area contributed by atoms with Crippen LogP contribution in [-0.4, -0.2) is 29.5 Å². The molecule has 0 bridgehead atoms. The third-order valence-electron chi connectivity index (χ3n) is 3.53. The molecule has 3 rings (SSSR count). The van der Waals surface area contributed by atoms with E-state index >= 15 is 0 Å². The zero-order valence-electron chi connectivity index (χ0n) is 12.8. The molecule has 7 nitrogen and oxygen atoms in total. The summed E-state index contributed by atoms with van der Waals surface area (Å²) >= 11 is 0. The van der Waals surface area contributed by atoms with Crippen LogP contribution in [0.2, 0.25) is 0 Å². The Labute approximate surface area is 140 Å². The van der Waals surface area contributed by atoms with Crippen molar-refractivity contribution >= 4 is 17.4 Å². The van der Waals surface area contributed by atoms with E-state index in [1.807, 2.05) is 0 Å². The van der Waals surface area contributed by atoms with Crippen molar-refractivity contribution in [2.24, 2.45) is 10.4 Å². The van der Waals surface area contributed by atoms with Gasteiger partial charge >= 0.3 is 6.03 Å². The molecular weight excluding hydrogens is 339 g/mol. The highest BCUT2D eigenvalue weighted by Crippen LogP contribution is 2.30. The fraction of sp³-hybridized carbons (Fsp3) is 0.133. The molecule has 0 radical (unpaired) electrons. The summed E-state index contributed by atoms with van der Waals surface area (Å²) < 4.78 is 40.6. The normalized spacial score (nSPS) is 16.4. The first-order chi connectivity index (χ1) is 11.9. The molecule has 0 fully saturated rings. The predicted octanol–water partition coefficient (Wildman–Crippen LogP) is 3.04. The largest absolute Gasteiger partial charge is 0.353 e. The van der Waals surface area contributed by atoms with Crippen LogP contribution in [0.5, 0.6) is 0 Å². The highest BCUT2D eigenvalue weighted by molar-refractivity contribution is 5.91. The minimum Gasteiger partial charge on any atom is -0.353 e. The number of para-hydroxylation sites is 1. The Bertz CT molecular complexity index is 810. The molecule has 0 saturated carbocycles. The van der Waals surface area contributed by atoms with Gasteiger partial charge in [-0.1, -0.05) is 6.07 Å². The molecule has 1 heterocycles. The van der Waals surface area contributed by atoms with Crippen LogP contribution < -0.4 is 9.91 Å². The van der Waals surface area contributed by atoms with Gasteiger partial charge in [-0.3, -0.25) is 4.90 Å². The van der Waals surface area contributed by atoms with E-state index in [9.17, 15) is 23.1 Å². The third kappa shape index (κ3) is 2.98. The van der Waals surface area contributed by atoms with Gasteiger partial charge in [0.1, 0.15) is 11.5 Å². The van der Waals surface area contributed by atoms with Gasteiger partial charge in [-0.2, -0.15) is 5.01 Å². The molecule has 25 heavy (non-hydrogen) atoms. The van der Waals surface area contributed by atoms with E-state index in [-0.39, 0.29) is 0 Å². The second kappa shape index (κ2) is 6.40. The lowest BCUT2D eigenvalue weighted by Gasteiger charge is -2.26. The minimum absolute atomic E-state index is 0.323. The van der Waals surface area contributed by atoms with Crippen LogP contribution in [0.1, 0.15) is 0 Å². The Morgan fingerprint density at radius 3 is 2.28 bits per heavy atom. The minimum atomic E-state index is -1.85. The topological polar surface area (TPSA) is 71.7 Å². The van der Waals surface area contributed by atoms with Gasteiger partial charge in [-0.15, -0.1) is 5.01 Å². The van der Waals surface area contributed by atoms with Crippen molar-refractivity contribution in [1.82, 2.24) is 5.01 Å². The number of anilines is 2. The molecule has 0 aliphatic carbocycles. The van der Waals surface area contributed by atoms with Crippen molar-refractivity contribution in [2.45, 2.75) is 6.35 Å². The Morgan fingerprint density at radius 1 is 1.08 bits per heavy atom. The zero-order valence-corrected chi connectivity index (χ0v) is 12.8. The molecule has 1 aliphatic rings. The van der Waals surface area contributed by atoms with Crippen LogP contribution in [0.25, 0.3) is 0 Å². The van der Waals surface area contributed by atoms with Crippen molar-refractivity contribution in [3.05, 3.63) is 59.9 Å². The molecule has 0 spiro atoms. The molecule has 1 aliphatic heterocycles. The van der Waals surface area contributed by atoms with Gasteiger partial charge in [0, 0.05) is 12.7 Å². The Morgan fingerprint density at radius 2 is 1.68 bits per heavy atom. The molecule has 2 aromatic carbocycles. The summed E-state index contributed by atoms with van der Waals surface area (Å²) in [6.07, 6.45) is -1.85. The van der Waals surface area contributed by atoms with Crippen molar-refractivity contribution in [1.29, 1.82) is 0 Å². The summed E-state index contributed by atoms with van der Waals surface area (Å²) in [7, 11) is 1.37. The van der Waals surface area contributed by atoms with Crippen molar-refractivity contribution in [3.63, 3.8) is 0 Å². The number of amides is 2. The number of urea groups is 1. The number of hydrogen-bond acceptors (Lipinski definition) is 5. The average molecular weight is 351 g/mol. The Balaban J connectivity index is 1.82. The molecular formula is C15H12F3N5O2. The highest BCUT2D eigenvalue weighted by atomic mass is 19.1. The molecule has 130 valence electrons. The average Bonchev–Trinajstić information content (AvgIpc) is 2.96. The van der Waals surface area contributed by atoms with Gasteiger partial charge in [0.15, 0.2) is 11.6 Å². The van der Waals surface area contributed by atoms with Gasteiger partial charge in [0.05, 0.1) is 0 Å². The molecule has 10 heteroatoms. The van der Waals surface area contributed by atoms with Crippen LogP contribution in [0.15, 0.2) is 52.9 Å². The monoisotopic (exact) mass is 351 g/mol. The van der Waals surface area contributed by atoms with Crippen LogP contribution in [0, 0.1) is 17.5 Å². The van der Waals surface area contributed by atoms with Gasteiger partial charge in [0.25, 0.3) is 6.35 Å². The number of nitrogens with zero attached hydrogens (tertiary/aromatic N) is 5. The van der Waals surface area contributed by atoms with E-state index in [2.05, 4.69) is 10.4 Å². The summed E-state index contributed by atoms with van der Waals surface area (Å²) in [6.45, 7) is 0. The lowest BCUT2D eigenvalue weighted by molar-refractivity contribution is 0.0535. The molecule has 0 saturated heterocycles. The summed E-state index contributed by atoms with van der Waals surface area (Å²) in [4.78, 5) is 13.5. The quantitative estimate of drug-likeness (QED) is 0.904. The van der Waals surface area contributed by atoms with Crippen molar-refractivity contribution in [2.75, 3.05) is 17.0 Å². The Hall–Kier alpha value is -3.14. The number of halogens is 3. The van der Waals surface area contributed by atoms with E-state index in [0.717, 1.165) is 35.2 Å². The van der Waals surface area contributed by atoms with E-state index in [1.54, 1.807) is 0 Å². The number of hydrogen-bond donors (Lipinski definition) is 1. The van der Waals surface area contributed by atoms with E-state index in [1.165, 1.54) is 19.2 Å². The molecule has 2 aromatic rings. The van der Waals surface area contributed by atoms with E-state index in [0.29, 0.717) is 15.7 Å². The van der Waals surface area contributed by atoms with Gasteiger partial charge in [0.2, 0.25) is 0 Å². The van der Waals surface area contributed by atoms with Crippen LogP contribution in [0.4, 0.5) is 29.3 Å². The zero-order chi connectivity index (χ0) is 18.1. The highest BCUT2D eigenvalue weighted by Gasteiger charge is 2.38. The molecule has 2 amide bonds. The fourth-order valence-electron chi connectivity index (χ4n) is 2.22. The second-order valence-corrected chi connectivity index (χ2v) is 5.10. The smallest absolute Gasteiger partial charge is 0.350 e. The first kappa shape index (κ1) is 16.7. The third-order valence-corrected chi connectivity index (χ3v) is 3.53. The first-order valence-corrected chi connectivity index (χ1v) is 7.05. The summed E-state index contributed by atoms with van der Waals surface area (Å²) in [5.74, 6) is -2.43. The van der Waals surface area contributed by atoms with E-state index in [4.69, 9.17) is 0 Å². The second-order valence-electron chi connectivity index (χ2n) is 5.10. The SMILES string of the molecule is CN(C(=O)N1N=NN(c2c(F)cccc2F)[C@H]1O)c1ccc(F)cc1. The summed E-state index contributed by atoms with van der Waals surface area (Å²) in [6, 6.07) is 7.29. The van der Waals surface area contributed by atoms with Crippen LogP contribution >= 0.6 is 0 Å². The summed E-state index contributed by atoms with van der Waals surface area (Å²) in [5, 5.41) is 18.2. The molecule has 0 aromatic heterocycles. The van der Waals surface area contributed by atoms with Gasteiger partial charge in [-0.05, 0) is 46.8 Å². The predicted molar refractivity (Wildman–Crippen MR) is 81.7 cm³/mol. The lowest BCUT2D eigenvalue weighted by atomic mass is 10.3. The number of aliphatic hydroxyl groups is 1. The maximum atomic E-state index is 13.8. The van der Waals surface area contributed by atoms with Gasteiger partial charge < -0.3 is 5.11 Å². The number of carbonyl (C=O) groups excluding carboxylic acids is 1. The van der Waals surface area contributed by atoms with E-state index < -0.39 is 35.5 Å². The standard InChI is InChI=1S/C15H12F3N5O2/c1-21(10-7-5-9(16)6-8-10)14(24)23-15(25)22(19-20-23)13-11(17)3-2-4-12(13)18/h2-8,15,25H,1H3/t15-/m1/s1. The molecule has 1 N–H and O–H groups in total. The number of benzene rings is 2. The maximum Gasteiger partial charge on any atom is 0.350 e.